The van der Waals surface area contributed by atoms with Crippen molar-refractivity contribution in [3.8, 4) is 17.2 Å². The molecule has 6 heteroatoms. The molecular formula is C25H25NO5. The van der Waals surface area contributed by atoms with Gasteiger partial charge in [-0.05, 0) is 48.4 Å². The predicted octanol–water partition coefficient (Wildman–Crippen LogP) is 4.17. The normalized spacial score (nSPS) is 10.3. The number of methoxy groups -OCH3 is 1. The molecule has 0 aliphatic carbocycles. The summed E-state index contributed by atoms with van der Waals surface area (Å²) in [4.78, 5) is 23.7. The number of hydrogen-bond donors (Lipinski definition) is 1. The summed E-state index contributed by atoms with van der Waals surface area (Å²) in [5, 5.41) is 2.84. The highest BCUT2D eigenvalue weighted by atomic mass is 16.5. The summed E-state index contributed by atoms with van der Waals surface area (Å²) >= 11 is 0. The SMILES string of the molecule is COc1cc(C(C)=O)ccc1OCC(=O)NCc1cccc(COc2ccccc2)c1. The van der Waals surface area contributed by atoms with E-state index >= 15 is 0 Å². The topological polar surface area (TPSA) is 73.9 Å². The number of hydrogen-bond acceptors (Lipinski definition) is 5. The van der Waals surface area contributed by atoms with Crippen LogP contribution in [0.4, 0.5) is 0 Å². The highest BCUT2D eigenvalue weighted by Gasteiger charge is 2.10. The third kappa shape index (κ3) is 6.60. The van der Waals surface area contributed by atoms with Gasteiger partial charge in [0.2, 0.25) is 0 Å². The number of para-hydroxylation sites is 1. The van der Waals surface area contributed by atoms with Crippen LogP contribution in [-0.4, -0.2) is 25.4 Å². The van der Waals surface area contributed by atoms with Gasteiger partial charge in [-0.1, -0.05) is 42.5 Å². The lowest BCUT2D eigenvalue weighted by atomic mass is 10.1. The standard InChI is InChI=1S/C25H25NO5/c1-18(27)21-11-12-23(24(14-21)29-2)31-17-25(28)26-15-19-7-6-8-20(13-19)16-30-22-9-4-3-5-10-22/h3-14H,15-17H2,1-2H3,(H,26,28). The van der Waals surface area contributed by atoms with Crippen molar-refractivity contribution in [3.05, 3.63) is 89.5 Å². The zero-order chi connectivity index (χ0) is 22.1. The van der Waals surface area contributed by atoms with E-state index in [1.54, 1.807) is 18.2 Å². The van der Waals surface area contributed by atoms with E-state index in [4.69, 9.17) is 14.2 Å². The van der Waals surface area contributed by atoms with Crippen molar-refractivity contribution in [3.63, 3.8) is 0 Å². The van der Waals surface area contributed by atoms with Crippen molar-refractivity contribution in [2.45, 2.75) is 20.1 Å². The molecule has 3 aromatic rings. The van der Waals surface area contributed by atoms with Crippen LogP contribution >= 0.6 is 0 Å². The molecule has 0 fully saturated rings. The van der Waals surface area contributed by atoms with Gasteiger partial charge in [-0.2, -0.15) is 0 Å². The Morgan fingerprint density at radius 1 is 0.839 bits per heavy atom. The Bertz CT molecular complexity index is 1030. The monoisotopic (exact) mass is 419 g/mol. The third-order valence-electron chi connectivity index (χ3n) is 4.56. The van der Waals surface area contributed by atoms with Gasteiger partial charge in [0.1, 0.15) is 12.4 Å². The van der Waals surface area contributed by atoms with Crippen LogP contribution in [0.5, 0.6) is 17.2 Å². The lowest BCUT2D eigenvalue weighted by Gasteiger charge is -2.12. The van der Waals surface area contributed by atoms with Gasteiger partial charge in [-0.3, -0.25) is 9.59 Å². The number of carbonyl (C=O) groups excluding carboxylic acids is 2. The fourth-order valence-corrected chi connectivity index (χ4v) is 2.91. The largest absolute Gasteiger partial charge is 0.493 e. The molecule has 0 radical (unpaired) electrons. The van der Waals surface area contributed by atoms with Crippen LogP contribution in [0.15, 0.2) is 72.8 Å². The molecule has 0 saturated heterocycles. The van der Waals surface area contributed by atoms with E-state index in [1.807, 2.05) is 54.6 Å². The lowest BCUT2D eigenvalue weighted by Crippen LogP contribution is -2.28. The van der Waals surface area contributed by atoms with Crippen molar-refractivity contribution < 1.29 is 23.8 Å². The number of benzene rings is 3. The summed E-state index contributed by atoms with van der Waals surface area (Å²) in [6.07, 6.45) is 0. The highest BCUT2D eigenvalue weighted by Crippen LogP contribution is 2.28. The highest BCUT2D eigenvalue weighted by molar-refractivity contribution is 5.94. The molecule has 3 rings (SSSR count). The average molecular weight is 419 g/mol. The van der Waals surface area contributed by atoms with Gasteiger partial charge in [0, 0.05) is 12.1 Å². The number of ether oxygens (including phenoxy) is 3. The number of nitrogens with one attached hydrogen (secondary N) is 1. The van der Waals surface area contributed by atoms with E-state index in [2.05, 4.69) is 5.32 Å². The maximum absolute atomic E-state index is 12.2. The Morgan fingerprint density at radius 3 is 2.35 bits per heavy atom. The number of ketones is 1. The first-order valence-electron chi connectivity index (χ1n) is 9.89. The van der Waals surface area contributed by atoms with Gasteiger partial charge in [0.05, 0.1) is 7.11 Å². The molecule has 1 N–H and O–H groups in total. The zero-order valence-electron chi connectivity index (χ0n) is 17.6. The first-order valence-corrected chi connectivity index (χ1v) is 9.89. The van der Waals surface area contributed by atoms with Crippen molar-refractivity contribution >= 4 is 11.7 Å². The molecule has 0 unspecified atom stereocenters. The van der Waals surface area contributed by atoms with Crippen molar-refractivity contribution in [1.29, 1.82) is 0 Å². The fourth-order valence-electron chi connectivity index (χ4n) is 2.91. The van der Waals surface area contributed by atoms with Crippen LogP contribution in [0, 0.1) is 0 Å². The summed E-state index contributed by atoms with van der Waals surface area (Å²) in [7, 11) is 1.49. The van der Waals surface area contributed by atoms with E-state index in [-0.39, 0.29) is 18.3 Å². The van der Waals surface area contributed by atoms with Crippen molar-refractivity contribution in [1.82, 2.24) is 5.32 Å². The molecule has 0 heterocycles. The van der Waals surface area contributed by atoms with E-state index < -0.39 is 0 Å². The molecule has 0 saturated carbocycles. The maximum atomic E-state index is 12.2. The molecular weight excluding hydrogens is 394 g/mol. The number of carbonyl (C=O) groups is 2. The van der Waals surface area contributed by atoms with Crippen LogP contribution in [0.2, 0.25) is 0 Å². The van der Waals surface area contributed by atoms with Crippen LogP contribution < -0.4 is 19.5 Å². The molecule has 0 bridgehead atoms. The van der Waals surface area contributed by atoms with Gasteiger partial charge in [0.25, 0.3) is 5.91 Å². The van der Waals surface area contributed by atoms with E-state index in [1.165, 1.54) is 14.0 Å². The fraction of sp³-hybridized carbons (Fsp3) is 0.200. The van der Waals surface area contributed by atoms with Gasteiger partial charge in [-0.25, -0.2) is 0 Å². The molecule has 1 amide bonds. The molecule has 0 aromatic heterocycles. The number of Topliss-reactive ketones (excluding diaryl/α,β-unsaturated/α-hetero) is 1. The molecule has 6 nitrogen and oxygen atoms in total. The van der Waals surface area contributed by atoms with Gasteiger partial charge >= 0.3 is 0 Å². The second kappa shape index (κ2) is 10.8. The Kier molecular flexibility index (Phi) is 7.65. The van der Waals surface area contributed by atoms with Crippen molar-refractivity contribution in [2.24, 2.45) is 0 Å². The molecule has 0 atom stereocenters. The van der Waals surface area contributed by atoms with Crippen LogP contribution in [-0.2, 0) is 17.9 Å². The molecule has 160 valence electrons. The van der Waals surface area contributed by atoms with Gasteiger partial charge < -0.3 is 19.5 Å². The minimum absolute atomic E-state index is 0.0704. The second-order valence-corrected chi connectivity index (χ2v) is 6.91. The Hall–Kier alpha value is -3.80. The maximum Gasteiger partial charge on any atom is 0.258 e. The molecule has 0 aliphatic rings. The van der Waals surface area contributed by atoms with E-state index in [0.29, 0.717) is 30.2 Å². The summed E-state index contributed by atoms with van der Waals surface area (Å²) < 4.78 is 16.6. The second-order valence-electron chi connectivity index (χ2n) is 6.91. The van der Waals surface area contributed by atoms with Gasteiger partial charge in [-0.15, -0.1) is 0 Å². The van der Waals surface area contributed by atoms with Crippen LogP contribution in [0.1, 0.15) is 28.4 Å². The Balaban J connectivity index is 1.49. The summed E-state index contributed by atoms with van der Waals surface area (Å²) in [5.41, 5.74) is 2.50. The zero-order valence-corrected chi connectivity index (χ0v) is 17.6. The quantitative estimate of drug-likeness (QED) is 0.499. The molecule has 0 spiro atoms. The van der Waals surface area contributed by atoms with Crippen LogP contribution in [0.3, 0.4) is 0 Å². The Labute approximate surface area is 181 Å². The van der Waals surface area contributed by atoms with Crippen molar-refractivity contribution in [2.75, 3.05) is 13.7 Å². The first-order chi connectivity index (χ1) is 15.0. The minimum atomic E-state index is -0.261. The number of amides is 1. The summed E-state index contributed by atoms with van der Waals surface area (Å²) in [6, 6.07) is 22.3. The third-order valence-corrected chi connectivity index (χ3v) is 4.56. The lowest BCUT2D eigenvalue weighted by molar-refractivity contribution is -0.123. The van der Waals surface area contributed by atoms with E-state index in [9.17, 15) is 9.59 Å². The molecule has 0 aliphatic heterocycles. The average Bonchev–Trinajstić information content (AvgIpc) is 2.80. The number of rotatable bonds is 10. The Morgan fingerprint density at radius 2 is 1.61 bits per heavy atom. The summed E-state index contributed by atoms with van der Waals surface area (Å²) in [6.45, 7) is 2.14. The van der Waals surface area contributed by atoms with Gasteiger partial charge in [0.15, 0.2) is 23.9 Å². The minimum Gasteiger partial charge on any atom is -0.493 e. The predicted molar refractivity (Wildman–Crippen MR) is 118 cm³/mol. The van der Waals surface area contributed by atoms with Crippen LogP contribution in [0.25, 0.3) is 0 Å². The molecule has 3 aromatic carbocycles. The summed E-state index contributed by atoms with van der Waals surface area (Å²) in [5.74, 6) is 1.29. The first kappa shape index (κ1) is 21.9. The smallest absolute Gasteiger partial charge is 0.258 e. The molecule has 31 heavy (non-hydrogen) atoms. The van der Waals surface area contributed by atoms with E-state index in [0.717, 1.165) is 16.9 Å².